The number of amides is 1. The molecule has 2 N–H and O–H groups in total. The molecule has 1 aromatic heterocycles. The van der Waals surface area contributed by atoms with Gasteiger partial charge in [-0.3, -0.25) is 9.59 Å². The minimum atomic E-state index is -0.184. The lowest BCUT2D eigenvalue weighted by Crippen LogP contribution is -2.26. The van der Waals surface area contributed by atoms with Gasteiger partial charge >= 0.3 is 0 Å². The van der Waals surface area contributed by atoms with E-state index in [1.54, 1.807) is 12.3 Å². The second-order valence-electron chi connectivity index (χ2n) is 2.79. The second kappa shape index (κ2) is 5.44. The summed E-state index contributed by atoms with van der Waals surface area (Å²) in [5, 5.41) is 2.63. The zero-order chi connectivity index (χ0) is 10.4. The first-order chi connectivity index (χ1) is 6.72. The van der Waals surface area contributed by atoms with Gasteiger partial charge in [0.25, 0.3) is 0 Å². The highest BCUT2D eigenvalue weighted by Gasteiger charge is 1.97. The maximum Gasteiger partial charge on any atom is 0.247 e. The molecule has 0 radical (unpaired) electrons. The molecule has 0 aliphatic rings. The number of aromatic amines is 1. The summed E-state index contributed by atoms with van der Waals surface area (Å²) in [6.45, 7) is 0.525. The molecule has 1 amide bonds. The van der Waals surface area contributed by atoms with E-state index in [2.05, 4.69) is 10.3 Å². The van der Waals surface area contributed by atoms with Gasteiger partial charge in [-0.2, -0.15) is 0 Å². The molecule has 0 unspecified atom stereocenters. The van der Waals surface area contributed by atoms with Crippen LogP contribution in [0.2, 0.25) is 0 Å². The monoisotopic (exact) mass is 214 g/mol. The molecule has 0 saturated heterocycles. The van der Waals surface area contributed by atoms with Crippen molar-refractivity contribution in [2.75, 3.05) is 12.4 Å². The number of halogens is 1. The van der Waals surface area contributed by atoms with Crippen molar-refractivity contribution in [2.45, 2.75) is 6.42 Å². The third kappa shape index (κ3) is 3.62. The molecule has 0 spiro atoms. The van der Waals surface area contributed by atoms with Crippen LogP contribution in [0.5, 0.6) is 0 Å². The van der Waals surface area contributed by atoms with E-state index in [1.165, 1.54) is 6.07 Å². The molecule has 1 rings (SSSR count). The molecule has 0 fully saturated rings. The Labute approximate surface area is 86.3 Å². The fourth-order valence-corrected chi connectivity index (χ4v) is 1.09. The maximum absolute atomic E-state index is 10.8. The summed E-state index contributed by atoms with van der Waals surface area (Å²) in [6, 6.07) is 3.18. The summed E-state index contributed by atoms with van der Waals surface area (Å²) in [7, 11) is 0. The van der Waals surface area contributed by atoms with E-state index >= 15 is 0 Å². The largest absolute Gasteiger partial charge is 0.355 e. The number of carbonyl (C=O) groups is 1. The number of alkyl halides is 1. The lowest BCUT2D eigenvalue weighted by atomic mass is 10.2. The van der Waals surface area contributed by atoms with E-state index in [0.717, 1.165) is 5.56 Å². The molecule has 1 aromatic rings. The smallest absolute Gasteiger partial charge is 0.247 e. The van der Waals surface area contributed by atoms with Crippen LogP contribution in [-0.2, 0) is 11.2 Å². The van der Waals surface area contributed by atoms with Gasteiger partial charge in [-0.25, -0.2) is 0 Å². The number of nitrogens with one attached hydrogen (secondary N) is 2. The van der Waals surface area contributed by atoms with Crippen molar-refractivity contribution in [3.63, 3.8) is 0 Å². The number of hydrogen-bond donors (Lipinski definition) is 2. The average Bonchev–Trinajstić information content (AvgIpc) is 2.21. The Kier molecular flexibility index (Phi) is 4.19. The molecule has 14 heavy (non-hydrogen) atoms. The van der Waals surface area contributed by atoms with Crippen molar-refractivity contribution in [1.82, 2.24) is 10.3 Å². The van der Waals surface area contributed by atoms with E-state index in [4.69, 9.17) is 11.6 Å². The maximum atomic E-state index is 10.8. The van der Waals surface area contributed by atoms with E-state index < -0.39 is 0 Å². The molecular formula is C9H11ClN2O2. The minimum Gasteiger partial charge on any atom is -0.355 e. The first kappa shape index (κ1) is 10.8. The number of rotatable bonds is 4. The third-order valence-electron chi connectivity index (χ3n) is 1.71. The molecule has 0 saturated carbocycles. The van der Waals surface area contributed by atoms with Gasteiger partial charge < -0.3 is 10.3 Å². The molecule has 0 atom stereocenters. The number of pyridine rings is 1. The molecule has 76 valence electrons. The summed E-state index contributed by atoms with van der Waals surface area (Å²) in [5.41, 5.74) is 0.845. The Balaban J connectivity index is 2.35. The summed E-state index contributed by atoms with van der Waals surface area (Å²) in [4.78, 5) is 24.0. The Bertz CT molecular complexity index is 342. The molecule has 5 heteroatoms. The molecule has 0 aliphatic carbocycles. The summed E-state index contributed by atoms with van der Waals surface area (Å²) in [6.07, 6.45) is 2.31. The first-order valence-corrected chi connectivity index (χ1v) is 4.76. The van der Waals surface area contributed by atoms with Crippen LogP contribution in [-0.4, -0.2) is 23.3 Å². The number of aromatic nitrogens is 1. The van der Waals surface area contributed by atoms with Gasteiger partial charge in [0.05, 0.1) is 0 Å². The predicted octanol–water partition coefficient (Wildman–Crippen LogP) is 0.272. The Hall–Kier alpha value is -1.29. The number of H-pyrrole nitrogens is 1. The van der Waals surface area contributed by atoms with Crippen LogP contribution in [0.3, 0.4) is 0 Å². The highest BCUT2D eigenvalue weighted by atomic mass is 35.5. The Morgan fingerprint density at radius 3 is 2.86 bits per heavy atom. The van der Waals surface area contributed by atoms with Gasteiger partial charge in [0, 0.05) is 18.8 Å². The van der Waals surface area contributed by atoms with Crippen molar-refractivity contribution in [3.8, 4) is 0 Å². The van der Waals surface area contributed by atoms with Crippen LogP contribution in [0.1, 0.15) is 5.56 Å². The Morgan fingerprint density at radius 1 is 1.50 bits per heavy atom. The quantitative estimate of drug-likeness (QED) is 0.707. The predicted molar refractivity (Wildman–Crippen MR) is 54.5 cm³/mol. The fourth-order valence-electron chi connectivity index (χ4n) is 0.992. The van der Waals surface area contributed by atoms with Crippen LogP contribution < -0.4 is 10.9 Å². The zero-order valence-electron chi connectivity index (χ0n) is 7.55. The van der Waals surface area contributed by atoms with E-state index in [0.29, 0.717) is 13.0 Å². The van der Waals surface area contributed by atoms with Crippen molar-refractivity contribution >= 4 is 17.5 Å². The summed E-state index contributed by atoms with van der Waals surface area (Å²) < 4.78 is 0. The van der Waals surface area contributed by atoms with Gasteiger partial charge in [0.15, 0.2) is 0 Å². The summed E-state index contributed by atoms with van der Waals surface area (Å²) in [5.74, 6) is -0.206. The normalized spacial score (nSPS) is 9.79. The first-order valence-electron chi connectivity index (χ1n) is 4.22. The van der Waals surface area contributed by atoms with Gasteiger partial charge in [0.2, 0.25) is 11.5 Å². The van der Waals surface area contributed by atoms with Gasteiger partial charge in [-0.1, -0.05) is 6.07 Å². The van der Waals surface area contributed by atoms with E-state index in [-0.39, 0.29) is 17.3 Å². The fraction of sp³-hybridized carbons (Fsp3) is 0.333. The standard InChI is InChI=1S/C9H11ClN2O2/c10-5-9(14)11-4-3-7-1-2-8(13)12-6-7/h1-2,6H,3-5H2,(H,11,14)(H,12,13). The average molecular weight is 215 g/mol. The lowest BCUT2D eigenvalue weighted by Gasteiger charge is -2.02. The van der Waals surface area contributed by atoms with Crippen LogP contribution in [0.15, 0.2) is 23.1 Å². The summed E-state index contributed by atoms with van der Waals surface area (Å²) >= 11 is 5.29. The lowest BCUT2D eigenvalue weighted by molar-refractivity contribution is -0.118. The second-order valence-corrected chi connectivity index (χ2v) is 3.06. The van der Waals surface area contributed by atoms with Crippen LogP contribution >= 0.6 is 11.6 Å². The molecule has 0 aromatic carbocycles. The highest BCUT2D eigenvalue weighted by molar-refractivity contribution is 6.27. The van der Waals surface area contributed by atoms with Gasteiger partial charge in [0.1, 0.15) is 5.88 Å². The van der Waals surface area contributed by atoms with Crippen molar-refractivity contribution in [2.24, 2.45) is 0 Å². The van der Waals surface area contributed by atoms with Crippen molar-refractivity contribution < 1.29 is 4.79 Å². The Morgan fingerprint density at radius 2 is 2.29 bits per heavy atom. The molecular weight excluding hydrogens is 204 g/mol. The molecule has 0 aliphatic heterocycles. The van der Waals surface area contributed by atoms with E-state index in [9.17, 15) is 9.59 Å². The van der Waals surface area contributed by atoms with E-state index in [1.807, 2.05) is 0 Å². The van der Waals surface area contributed by atoms with Crippen molar-refractivity contribution in [1.29, 1.82) is 0 Å². The van der Waals surface area contributed by atoms with Crippen LogP contribution in [0.25, 0.3) is 0 Å². The third-order valence-corrected chi connectivity index (χ3v) is 1.95. The van der Waals surface area contributed by atoms with Crippen LogP contribution in [0.4, 0.5) is 0 Å². The van der Waals surface area contributed by atoms with Gasteiger partial charge in [-0.05, 0) is 12.0 Å². The topological polar surface area (TPSA) is 62.0 Å². The SMILES string of the molecule is O=C(CCl)NCCc1ccc(=O)[nH]c1. The molecule has 4 nitrogen and oxygen atoms in total. The number of hydrogen-bond acceptors (Lipinski definition) is 2. The minimum absolute atomic E-state index is 0.0222. The van der Waals surface area contributed by atoms with Crippen LogP contribution in [0, 0.1) is 0 Å². The molecule has 0 bridgehead atoms. The number of carbonyl (C=O) groups excluding carboxylic acids is 1. The van der Waals surface area contributed by atoms with Gasteiger partial charge in [-0.15, -0.1) is 11.6 Å². The highest BCUT2D eigenvalue weighted by Crippen LogP contribution is 1.93. The van der Waals surface area contributed by atoms with Crippen molar-refractivity contribution in [3.05, 3.63) is 34.2 Å². The molecule has 1 heterocycles. The zero-order valence-corrected chi connectivity index (χ0v) is 8.30.